The Hall–Kier alpha value is -9.19. The average Bonchev–Trinajstić information content (AvgIpc) is 4.05. The van der Waals surface area contributed by atoms with Crippen molar-refractivity contribution in [3.05, 3.63) is 248 Å². The van der Waals surface area contributed by atoms with E-state index in [1.54, 1.807) is 0 Å². The van der Waals surface area contributed by atoms with E-state index in [1.807, 2.05) is 0 Å². The standard InChI is InChI=1S/C66H45N5/c1-66(2)53-34-13-9-27-48(53)60-52(33-18-35-54(60)66)65-68-63(44-24-17-23-43(41-44)42-21-5-3-6-22-42)67-64(69-65)51-30-12-16-38-57(51)71-56-37-15-11-29-50(56)62-47(32-20-40-59(62)71)46-31-19-39-58-61(46)49-28-10-14-36-55(49)70(58)45-25-7-4-8-26-45/h3-41H,1-2H3. The minimum atomic E-state index is -0.183. The molecule has 5 nitrogen and oxygen atoms in total. The maximum absolute atomic E-state index is 5.53. The molecule has 1 aliphatic rings. The summed E-state index contributed by atoms with van der Waals surface area (Å²) in [6.07, 6.45) is 0. The van der Waals surface area contributed by atoms with Crippen molar-refractivity contribution in [2.75, 3.05) is 0 Å². The first-order valence-corrected chi connectivity index (χ1v) is 24.4. The molecule has 0 unspecified atom stereocenters. The van der Waals surface area contributed by atoms with Crippen molar-refractivity contribution in [2.45, 2.75) is 19.3 Å². The molecule has 10 aromatic carbocycles. The van der Waals surface area contributed by atoms with E-state index in [4.69, 9.17) is 15.0 Å². The molecule has 1 aliphatic carbocycles. The van der Waals surface area contributed by atoms with Crippen LogP contribution in [0.3, 0.4) is 0 Å². The summed E-state index contributed by atoms with van der Waals surface area (Å²) in [5.74, 6) is 1.86. The summed E-state index contributed by atoms with van der Waals surface area (Å²) in [4.78, 5) is 16.4. The van der Waals surface area contributed by atoms with E-state index in [1.165, 1.54) is 66.0 Å². The van der Waals surface area contributed by atoms with E-state index in [-0.39, 0.29) is 5.41 Å². The van der Waals surface area contributed by atoms with Crippen LogP contribution in [0.5, 0.6) is 0 Å². The van der Waals surface area contributed by atoms with Gasteiger partial charge in [0.2, 0.25) is 0 Å². The molecule has 0 atom stereocenters. The van der Waals surface area contributed by atoms with Crippen LogP contribution in [-0.4, -0.2) is 24.1 Å². The molecule has 0 saturated carbocycles. The van der Waals surface area contributed by atoms with Crippen LogP contribution in [0.2, 0.25) is 0 Å². The van der Waals surface area contributed by atoms with Crippen LogP contribution in [0, 0.1) is 0 Å². The second-order valence-corrected chi connectivity index (χ2v) is 19.1. The van der Waals surface area contributed by atoms with Crippen LogP contribution < -0.4 is 0 Å². The van der Waals surface area contributed by atoms with Gasteiger partial charge in [-0.1, -0.05) is 196 Å². The summed E-state index contributed by atoms with van der Waals surface area (Å²) in [6.45, 7) is 4.63. The number of aromatic nitrogens is 5. The minimum absolute atomic E-state index is 0.183. The highest BCUT2D eigenvalue weighted by Gasteiger charge is 2.37. The fourth-order valence-corrected chi connectivity index (χ4v) is 11.6. The van der Waals surface area contributed by atoms with Crippen LogP contribution in [-0.2, 0) is 5.41 Å². The number of hydrogen-bond donors (Lipinski definition) is 0. The van der Waals surface area contributed by atoms with E-state index >= 15 is 0 Å². The largest absolute Gasteiger partial charge is 0.309 e. The van der Waals surface area contributed by atoms with E-state index in [0.29, 0.717) is 17.5 Å². The van der Waals surface area contributed by atoms with Gasteiger partial charge in [-0.25, -0.2) is 15.0 Å². The smallest absolute Gasteiger partial charge is 0.166 e. The van der Waals surface area contributed by atoms with Gasteiger partial charge < -0.3 is 9.13 Å². The lowest BCUT2D eigenvalue weighted by Crippen LogP contribution is -2.14. The molecule has 14 rings (SSSR count). The predicted octanol–water partition coefficient (Wildman–Crippen LogP) is 16.7. The van der Waals surface area contributed by atoms with E-state index in [9.17, 15) is 0 Å². The zero-order valence-electron chi connectivity index (χ0n) is 39.3. The van der Waals surface area contributed by atoms with Crippen LogP contribution in [0.1, 0.15) is 25.0 Å². The SMILES string of the molecule is CC1(C)c2ccccc2-c2c(-c3nc(-c4cccc(-c5ccccc5)c4)nc(-c4ccccc4-n4c5ccccc5c5c(-c6cccc7c6c6ccccc6n7-c6ccccc6)cccc54)n3)cccc21. The molecule has 71 heavy (non-hydrogen) atoms. The zero-order chi connectivity index (χ0) is 47.2. The topological polar surface area (TPSA) is 48.5 Å². The van der Waals surface area contributed by atoms with Crippen molar-refractivity contribution in [3.8, 4) is 78.9 Å². The van der Waals surface area contributed by atoms with Gasteiger partial charge in [0, 0.05) is 49.3 Å². The molecule has 0 fully saturated rings. The molecular formula is C66H45N5. The number of rotatable bonds is 7. The summed E-state index contributed by atoms with van der Waals surface area (Å²) in [7, 11) is 0. The molecule has 0 radical (unpaired) electrons. The normalized spacial score (nSPS) is 12.8. The maximum Gasteiger partial charge on any atom is 0.166 e. The lowest BCUT2D eigenvalue weighted by Gasteiger charge is -2.21. The highest BCUT2D eigenvalue weighted by molar-refractivity contribution is 6.22. The van der Waals surface area contributed by atoms with Gasteiger partial charge in [-0.2, -0.15) is 0 Å². The van der Waals surface area contributed by atoms with Crippen molar-refractivity contribution < 1.29 is 0 Å². The third-order valence-corrected chi connectivity index (χ3v) is 14.8. The fourth-order valence-electron chi connectivity index (χ4n) is 11.6. The number of para-hydroxylation sites is 4. The van der Waals surface area contributed by atoms with Crippen LogP contribution in [0.15, 0.2) is 237 Å². The van der Waals surface area contributed by atoms with E-state index < -0.39 is 0 Å². The molecule has 3 heterocycles. The third-order valence-electron chi connectivity index (χ3n) is 14.8. The molecule has 3 aromatic heterocycles. The van der Waals surface area contributed by atoms with Crippen LogP contribution in [0.4, 0.5) is 0 Å². The Labute approximate surface area is 411 Å². The van der Waals surface area contributed by atoms with Gasteiger partial charge in [-0.3, -0.25) is 0 Å². The fraction of sp³-hybridized carbons (Fsp3) is 0.0455. The van der Waals surface area contributed by atoms with Gasteiger partial charge in [0.15, 0.2) is 17.5 Å². The van der Waals surface area contributed by atoms with Gasteiger partial charge in [-0.05, 0) is 99.1 Å². The van der Waals surface area contributed by atoms with Gasteiger partial charge in [-0.15, -0.1) is 0 Å². The predicted molar refractivity (Wildman–Crippen MR) is 293 cm³/mol. The lowest BCUT2D eigenvalue weighted by atomic mass is 9.82. The van der Waals surface area contributed by atoms with Gasteiger partial charge in [0.25, 0.3) is 0 Å². The maximum atomic E-state index is 5.53. The van der Waals surface area contributed by atoms with E-state index in [0.717, 1.165) is 50.2 Å². The second-order valence-electron chi connectivity index (χ2n) is 19.1. The highest BCUT2D eigenvalue weighted by Crippen LogP contribution is 2.52. The first-order chi connectivity index (χ1) is 35.0. The highest BCUT2D eigenvalue weighted by atomic mass is 15.1. The molecule has 334 valence electrons. The van der Waals surface area contributed by atoms with Crippen molar-refractivity contribution in [1.29, 1.82) is 0 Å². The Morgan fingerprint density at radius 1 is 0.324 bits per heavy atom. The molecule has 0 aliphatic heterocycles. The first-order valence-electron chi connectivity index (χ1n) is 24.4. The Bertz CT molecular complexity index is 4260. The molecule has 0 amide bonds. The lowest BCUT2D eigenvalue weighted by molar-refractivity contribution is 0.660. The number of benzene rings is 10. The summed E-state index contributed by atoms with van der Waals surface area (Å²) >= 11 is 0. The van der Waals surface area contributed by atoms with Gasteiger partial charge in [0.1, 0.15) is 0 Å². The molecule has 13 aromatic rings. The van der Waals surface area contributed by atoms with Crippen molar-refractivity contribution in [1.82, 2.24) is 24.1 Å². The Kier molecular flexibility index (Phi) is 9.17. The van der Waals surface area contributed by atoms with Gasteiger partial charge in [0.05, 0.1) is 27.8 Å². The van der Waals surface area contributed by atoms with Crippen molar-refractivity contribution in [3.63, 3.8) is 0 Å². The van der Waals surface area contributed by atoms with Crippen molar-refractivity contribution in [2.24, 2.45) is 0 Å². The zero-order valence-corrected chi connectivity index (χ0v) is 39.3. The molecule has 0 spiro atoms. The molecule has 0 saturated heterocycles. The summed E-state index contributed by atoms with van der Waals surface area (Å²) < 4.78 is 4.81. The molecule has 0 N–H and O–H groups in total. The summed E-state index contributed by atoms with van der Waals surface area (Å²) in [6, 6.07) is 84.8. The number of fused-ring (bicyclic) bond motifs is 9. The van der Waals surface area contributed by atoms with E-state index in [2.05, 4.69) is 260 Å². The number of hydrogen-bond acceptors (Lipinski definition) is 3. The number of nitrogens with zero attached hydrogens (tertiary/aromatic N) is 5. The quantitative estimate of drug-likeness (QED) is 0.160. The van der Waals surface area contributed by atoms with Crippen LogP contribution in [0.25, 0.3) is 123 Å². The second kappa shape index (κ2) is 15.9. The van der Waals surface area contributed by atoms with Crippen LogP contribution >= 0.6 is 0 Å². The van der Waals surface area contributed by atoms with Crippen molar-refractivity contribution >= 4 is 43.6 Å². The summed E-state index contributed by atoms with van der Waals surface area (Å²) in [5, 5.41) is 4.82. The van der Waals surface area contributed by atoms with Gasteiger partial charge >= 0.3 is 0 Å². The first kappa shape index (κ1) is 40.8. The monoisotopic (exact) mass is 907 g/mol. The third kappa shape index (κ3) is 6.29. The average molecular weight is 908 g/mol. The Morgan fingerprint density at radius 3 is 1.52 bits per heavy atom. The minimum Gasteiger partial charge on any atom is -0.309 e. The molecular weight excluding hydrogens is 863 g/mol. The summed E-state index contributed by atoms with van der Waals surface area (Å²) in [5.41, 5.74) is 18.9. The Morgan fingerprint density at radius 2 is 0.789 bits per heavy atom. The molecule has 5 heteroatoms. The Balaban J connectivity index is 1.01. The molecule has 0 bridgehead atoms.